The van der Waals surface area contributed by atoms with Crippen LogP contribution >= 0.6 is 12.4 Å². The van der Waals surface area contributed by atoms with Crippen LogP contribution in [0, 0.1) is 11.3 Å². The number of hydrogen-bond acceptors (Lipinski definition) is 3. The molecule has 0 aliphatic carbocycles. The maximum absolute atomic E-state index is 8.66. The first-order valence-corrected chi connectivity index (χ1v) is 4.84. The topological polar surface area (TPSA) is 47.9 Å². The number of nitriles is 1. The molecule has 80 valence electrons. The Bertz CT molecular complexity index is 336. The number of piperazine rings is 1. The van der Waals surface area contributed by atoms with Gasteiger partial charge in [0, 0.05) is 25.7 Å². The van der Waals surface area contributed by atoms with Crippen molar-refractivity contribution in [3.63, 3.8) is 0 Å². The van der Waals surface area contributed by atoms with Crippen LogP contribution < -0.4 is 10.6 Å². The molecule has 0 bridgehead atoms. The first-order valence-electron chi connectivity index (χ1n) is 4.84. The molecular weight excluding hydrogens is 210 g/mol. The number of rotatable bonds is 1. The second-order valence-corrected chi connectivity index (χ2v) is 3.44. The van der Waals surface area contributed by atoms with Gasteiger partial charge in [-0.05, 0) is 17.7 Å². The van der Waals surface area contributed by atoms with E-state index in [1.807, 2.05) is 24.3 Å². The van der Waals surface area contributed by atoms with Crippen molar-refractivity contribution in [2.75, 3.05) is 19.6 Å². The highest BCUT2D eigenvalue weighted by Gasteiger charge is 2.13. The summed E-state index contributed by atoms with van der Waals surface area (Å²) in [4.78, 5) is 0. The van der Waals surface area contributed by atoms with E-state index >= 15 is 0 Å². The predicted molar refractivity (Wildman–Crippen MR) is 62.0 cm³/mol. The molecular formula is C11H14ClN3. The molecule has 0 unspecified atom stereocenters. The van der Waals surface area contributed by atoms with Gasteiger partial charge in [-0.3, -0.25) is 0 Å². The summed E-state index contributed by atoms with van der Waals surface area (Å²) < 4.78 is 0. The van der Waals surface area contributed by atoms with Crippen LogP contribution in [0.3, 0.4) is 0 Å². The summed E-state index contributed by atoms with van der Waals surface area (Å²) >= 11 is 0. The molecule has 1 aromatic carbocycles. The Labute approximate surface area is 95.9 Å². The third-order valence-corrected chi connectivity index (χ3v) is 2.48. The fourth-order valence-electron chi connectivity index (χ4n) is 1.68. The van der Waals surface area contributed by atoms with Crippen molar-refractivity contribution in [3.8, 4) is 6.07 Å². The molecule has 1 atom stereocenters. The Morgan fingerprint density at radius 1 is 1.20 bits per heavy atom. The van der Waals surface area contributed by atoms with E-state index in [1.165, 1.54) is 5.56 Å². The van der Waals surface area contributed by atoms with Crippen LogP contribution in [-0.4, -0.2) is 19.6 Å². The van der Waals surface area contributed by atoms with Gasteiger partial charge in [0.05, 0.1) is 11.6 Å². The number of benzene rings is 1. The van der Waals surface area contributed by atoms with E-state index in [-0.39, 0.29) is 12.4 Å². The summed E-state index contributed by atoms with van der Waals surface area (Å²) in [6.07, 6.45) is 0. The van der Waals surface area contributed by atoms with E-state index in [9.17, 15) is 0 Å². The van der Waals surface area contributed by atoms with Crippen LogP contribution in [0.1, 0.15) is 17.2 Å². The Balaban J connectivity index is 0.00000112. The normalized spacial score (nSPS) is 20.1. The van der Waals surface area contributed by atoms with Crippen LogP contribution in [0.5, 0.6) is 0 Å². The minimum Gasteiger partial charge on any atom is -0.314 e. The van der Waals surface area contributed by atoms with E-state index in [4.69, 9.17) is 5.26 Å². The Kier molecular flexibility index (Phi) is 4.57. The lowest BCUT2D eigenvalue weighted by atomic mass is 10.0. The molecule has 0 spiro atoms. The summed E-state index contributed by atoms with van der Waals surface area (Å²) in [5.41, 5.74) is 1.97. The first-order chi connectivity index (χ1) is 6.90. The van der Waals surface area contributed by atoms with Gasteiger partial charge >= 0.3 is 0 Å². The van der Waals surface area contributed by atoms with Crippen LogP contribution in [0.25, 0.3) is 0 Å². The molecule has 0 saturated carbocycles. The largest absolute Gasteiger partial charge is 0.314 e. The lowest BCUT2D eigenvalue weighted by Crippen LogP contribution is -2.42. The highest BCUT2D eigenvalue weighted by molar-refractivity contribution is 5.85. The van der Waals surface area contributed by atoms with Crippen LogP contribution in [0.4, 0.5) is 0 Å². The average molecular weight is 224 g/mol. The molecule has 3 nitrogen and oxygen atoms in total. The summed E-state index contributed by atoms with van der Waals surface area (Å²) in [5, 5.41) is 15.4. The van der Waals surface area contributed by atoms with E-state index in [1.54, 1.807) is 0 Å². The van der Waals surface area contributed by atoms with E-state index < -0.39 is 0 Å². The zero-order chi connectivity index (χ0) is 9.80. The molecule has 2 rings (SSSR count). The van der Waals surface area contributed by atoms with Crippen LogP contribution in [0.2, 0.25) is 0 Å². The maximum Gasteiger partial charge on any atom is 0.0991 e. The van der Waals surface area contributed by atoms with Crippen LogP contribution in [-0.2, 0) is 0 Å². The smallest absolute Gasteiger partial charge is 0.0991 e. The predicted octanol–water partition coefficient (Wildman–Crippen LogP) is 1.21. The second-order valence-electron chi connectivity index (χ2n) is 3.44. The average Bonchev–Trinajstić information content (AvgIpc) is 2.30. The quantitative estimate of drug-likeness (QED) is 0.753. The van der Waals surface area contributed by atoms with E-state index in [2.05, 4.69) is 16.7 Å². The van der Waals surface area contributed by atoms with Gasteiger partial charge in [-0.15, -0.1) is 12.4 Å². The highest BCUT2D eigenvalue weighted by Crippen LogP contribution is 2.14. The minimum absolute atomic E-state index is 0. The highest BCUT2D eigenvalue weighted by atomic mass is 35.5. The summed E-state index contributed by atoms with van der Waals surface area (Å²) in [7, 11) is 0. The van der Waals surface area contributed by atoms with Gasteiger partial charge in [-0.1, -0.05) is 12.1 Å². The monoisotopic (exact) mass is 223 g/mol. The van der Waals surface area contributed by atoms with Gasteiger partial charge < -0.3 is 10.6 Å². The van der Waals surface area contributed by atoms with Gasteiger partial charge in [0.15, 0.2) is 0 Å². The molecule has 1 aromatic rings. The lowest BCUT2D eigenvalue weighted by Gasteiger charge is -2.24. The first kappa shape index (κ1) is 12.0. The minimum atomic E-state index is 0. The molecule has 1 fully saturated rings. The van der Waals surface area contributed by atoms with Crippen molar-refractivity contribution in [2.45, 2.75) is 6.04 Å². The molecule has 1 heterocycles. The van der Waals surface area contributed by atoms with Crippen molar-refractivity contribution in [1.82, 2.24) is 10.6 Å². The van der Waals surface area contributed by atoms with Gasteiger partial charge in [0.25, 0.3) is 0 Å². The molecule has 0 aromatic heterocycles. The molecule has 4 heteroatoms. The second kappa shape index (κ2) is 5.72. The molecule has 1 aliphatic rings. The molecule has 15 heavy (non-hydrogen) atoms. The van der Waals surface area contributed by atoms with Crippen molar-refractivity contribution in [1.29, 1.82) is 5.26 Å². The summed E-state index contributed by atoms with van der Waals surface area (Å²) in [5.74, 6) is 0. The number of halogens is 1. The van der Waals surface area contributed by atoms with Gasteiger partial charge in [-0.2, -0.15) is 5.26 Å². The molecule has 0 amide bonds. The zero-order valence-electron chi connectivity index (χ0n) is 8.36. The standard InChI is InChI=1S/C11H13N3.ClH/c12-7-9-1-3-10(4-2-9)11-8-13-5-6-14-11;/h1-4,11,13-14H,5-6,8H2;1H/t11-;/m1./s1. The maximum atomic E-state index is 8.66. The lowest BCUT2D eigenvalue weighted by molar-refractivity contribution is 0.430. The SMILES string of the molecule is Cl.N#Cc1ccc([C@H]2CNCCN2)cc1. The third kappa shape index (κ3) is 2.93. The summed E-state index contributed by atoms with van der Waals surface area (Å²) in [6, 6.07) is 10.3. The molecule has 0 radical (unpaired) electrons. The Hall–Kier alpha value is -1.08. The number of nitrogens with one attached hydrogen (secondary N) is 2. The van der Waals surface area contributed by atoms with Gasteiger partial charge in [0.1, 0.15) is 0 Å². The van der Waals surface area contributed by atoms with E-state index in [0.29, 0.717) is 6.04 Å². The van der Waals surface area contributed by atoms with E-state index in [0.717, 1.165) is 25.2 Å². The zero-order valence-corrected chi connectivity index (χ0v) is 9.18. The van der Waals surface area contributed by atoms with Crippen molar-refractivity contribution in [3.05, 3.63) is 35.4 Å². The fourth-order valence-corrected chi connectivity index (χ4v) is 1.68. The molecule has 2 N–H and O–H groups in total. The Morgan fingerprint density at radius 3 is 2.47 bits per heavy atom. The summed E-state index contributed by atoms with van der Waals surface area (Å²) in [6.45, 7) is 3.00. The fraction of sp³-hybridized carbons (Fsp3) is 0.364. The number of nitrogens with zero attached hydrogens (tertiary/aromatic N) is 1. The van der Waals surface area contributed by atoms with Gasteiger partial charge in [-0.25, -0.2) is 0 Å². The van der Waals surface area contributed by atoms with Crippen LogP contribution in [0.15, 0.2) is 24.3 Å². The van der Waals surface area contributed by atoms with Crippen molar-refractivity contribution in [2.24, 2.45) is 0 Å². The Morgan fingerprint density at radius 2 is 1.93 bits per heavy atom. The molecule has 1 aliphatic heterocycles. The van der Waals surface area contributed by atoms with Gasteiger partial charge in [0.2, 0.25) is 0 Å². The molecule has 1 saturated heterocycles. The van der Waals surface area contributed by atoms with Crippen molar-refractivity contribution < 1.29 is 0 Å². The van der Waals surface area contributed by atoms with Crippen molar-refractivity contribution >= 4 is 12.4 Å². The third-order valence-electron chi connectivity index (χ3n) is 2.48. The number of hydrogen-bond donors (Lipinski definition) is 2.